The normalized spacial score (nSPS) is 11.4. The molecule has 1 N–H and O–H groups in total. The summed E-state index contributed by atoms with van der Waals surface area (Å²) in [5, 5.41) is 8.67. The van der Waals surface area contributed by atoms with Crippen LogP contribution in [0.4, 0.5) is 0 Å². The lowest BCUT2D eigenvalue weighted by Crippen LogP contribution is -2.36. The van der Waals surface area contributed by atoms with Gasteiger partial charge in [0.2, 0.25) is 5.91 Å². The molecule has 0 unspecified atom stereocenters. The van der Waals surface area contributed by atoms with Gasteiger partial charge in [-0.3, -0.25) is 4.79 Å². The molecule has 0 aliphatic carbocycles. The number of aryl methyl sites for hydroxylation is 2. The lowest BCUT2D eigenvalue weighted by Gasteiger charge is -2.17. The van der Waals surface area contributed by atoms with Crippen molar-refractivity contribution in [2.24, 2.45) is 0 Å². The second-order valence-electron chi connectivity index (χ2n) is 6.73. The van der Waals surface area contributed by atoms with Crippen molar-refractivity contribution in [3.8, 4) is 5.82 Å². The Balaban J connectivity index is 1.83. The van der Waals surface area contributed by atoms with Gasteiger partial charge in [-0.25, -0.2) is 9.67 Å². The Morgan fingerprint density at radius 3 is 2.56 bits per heavy atom. The van der Waals surface area contributed by atoms with Gasteiger partial charge in [0.25, 0.3) is 0 Å². The second-order valence-corrected chi connectivity index (χ2v) is 6.73. The topological polar surface area (TPSA) is 68.0 Å². The van der Waals surface area contributed by atoms with E-state index in [1.165, 1.54) is 0 Å². The van der Waals surface area contributed by atoms with Gasteiger partial charge in [0, 0.05) is 31.2 Å². The average molecular weight is 368 g/mol. The standard InChI is InChI=1S/C20H28N6O/c1-5-24(6-2)12-9-21-17(27)14-26-19-18(15(3)13-16(4)22-19)20(23-26)25-10-7-8-11-25/h7-8,10-11,13H,5-6,9,12,14H2,1-4H3,(H,21,27). The summed E-state index contributed by atoms with van der Waals surface area (Å²) in [6.45, 7) is 11.9. The molecule has 7 heteroatoms. The molecule has 0 bridgehead atoms. The van der Waals surface area contributed by atoms with Crippen molar-refractivity contribution in [1.82, 2.24) is 29.5 Å². The Labute approximate surface area is 160 Å². The first-order valence-electron chi connectivity index (χ1n) is 9.50. The van der Waals surface area contributed by atoms with Crippen LogP contribution >= 0.6 is 0 Å². The molecule has 0 fully saturated rings. The van der Waals surface area contributed by atoms with Crippen LogP contribution < -0.4 is 5.32 Å². The van der Waals surface area contributed by atoms with Gasteiger partial charge in [0.15, 0.2) is 11.5 Å². The van der Waals surface area contributed by atoms with E-state index in [9.17, 15) is 4.79 Å². The first-order chi connectivity index (χ1) is 13.0. The molecule has 27 heavy (non-hydrogen) atoms. The maximum atomic E-state index is 12.5. The number of fused-ring (bicyclic) bond motifs is 1. The number of carbonyl (C=O) groups is 1. The molecule has 7 nitrogen and oxygen atoms in total. The molecule has 0 aliphatic rings. The van der Waals surface area contributed by atoms with Crippen LogP contribution in [0.25, 0.3) is 16.9 Å². The summed E-state index contributed by atoms with van der Waals surface area (Å²) in [6.07, 6.45) is 3.91. The predicted molar refractivity (Wildman–Crippen MR) is 107 cm³/mol. The van der Waals surface area contributed by atoms with Crippen LogP contribution in [0.15, 0.2) is 30.6 Å². The zero-order chi connectivity index (χ0) is 19.4. The minimum Gasteiger partial charge on any atom is -0.353 e. The van der Waals surface area contributed by atoms with E-state index in [0.717, 1.165) is 47.7 Å². The quantitative estimate of drug-likeness (QED) is 0.662. The van der Waals surface area contributed by atoms with Gasteiger partial charge in [0.1, 0.15) is 6.54 Å². The van der Waals surface area contributed by atoms with Crippen molar-refractivity contribution < 1.29 is 4.79 Å². The number of amides is 1. The molecule has 0 saturated carbocycles. The third kappa shape index (κ3) is 4.19. The minimum atomic E-state index is -0.0495. The summed E-state index contributed by atoms with van der Waals surface area (Å²) in [4.78, 5) is 19.4. The zero-order valence-electron chi connectivity index (χ0n) is 16.6. The molecule has 3 aromatic heterocycles. The third-order valence-electron chi connectivity index (χ3n) is 4.80. The van der Waals surface area contributed by atoms with Crippen molar-refractivity contribution in [2.45, 2.75) is 34.2 Å². The van der Waals surface area contributed by atoms with E-state index in [-0.39, 0.29) is 12.5 Å². The monoisotopic (exact) mass is 368 g/mol. The largest absolute Gasteiger partial charge is 0.353 e. The van der Waals surface area contributed by atoms with Crippen LogP contribution in [0.5, 0.6) is 0 Å². The van der Waals surface area contributed by atoms with Crippen LogP contribution in [-0.2, 0) is 11.3 Å². The maximum absolute atomic E-state index is 12.5. The number of hydrogen-bond donors (Lipinski definition) is 1. The van der Waals surface area contributed by atoms with Gasteiger partial charge in [-0.2, -0.15) is 5.10 Å². The van der Waals surface area contributed by atoms with Gasteiger partial charge >= 0.3 is 0 Å². The first kappa shape index (κ1) is 19.1. The highest BCUT2D eigenvalue weighted by Crippen LogP contribution is 2.25. The average Bonchev–Trinajstić information content (AvgIpc) is 3.27. The summed E-state index contributed by atoms with van der Waals surface area (Å²) < 4.78 is 3.67. The number of nitrogens with zero attached hydrogens (tertiary/aromatic N) is 5. The Morgan fingerprint density at radius 1 is 1.19 bits per heavy atom. The molecule has 0 radical (unpaired) electrons. The number of pyridine rings is 1. The number of nitrogens with one attached hydrogen (secondary N) is 1. The van der Waals surface area contributed by atoms with E-state index in [2.05, 4.69) is 36.0 Å². The molecule has 0 aromatic carbocycles. The number of carbonyl (C=O) groups excluding carboxylic acids is 1. The highest BCUT2D eigenvalue weighted by Gasteiger charge is 2.17. The highest BCUT2D eigenvalue weighted by atomic mass is 16.2. The number of hydrogen-bond acceptors (Lipinski definition) is 4. The molecular formula is C20H28N6O. The third-order valence-corrected chi connectivity index (χ3v) is 4.80. The van der Waals surface area contributed by atoms with E-state index in [4.69, 9.17) is 5.10 Å². The van der Waals surface area contributed by atoms with Crippen molar-refractivity contribution >= 4 is 16.9 Å². The van der Waals surface area contributed by atoms with E-state index in [1.54, 1.807) is 4.68 Å². The predicted octanol–water partition coefficient (Wildman–Crippen LogP) is 2.30. The van der Waals surface area contributed by atoms with Crippen molar-refractivity contribution in [2.75, 3.05) is 26.2 Å². The van der Waals surface area contributed by atoms with E-state index >= 15 is 0 Å². The van der Waals surface area contributed by atoms with E-state index in [1.807, 2.05) is 42.1 Å². The van der Waals surface area contributed by atoms with Crippen LogP contribution in [0.3, 0.4) is 0 Å². The van der Waals surface area contributed by atoms with Gasteiger partial charge in [-0.15, -0.1) is 0 Å². The fourth-order valence-electron chi connectivity index (χ4n) is 3.34. The Morgan fingerprint density at radius 2 is 1.89 bits per heavy atom. The van der Waals surface area contributed by atoms with Gasteiger partial charge in [-0.1, -0.05) is 13.8 Å². The molecule has 0 spiro atoms. The summed E-state index contributed by atoms with van der Waals surface area (Å²) in [5.74, 6) is 0.752. The molecule has 0 aliphatic heterocycles. The molecule has 144 valence electrons. The van der Waals surface area contributed by atoms with Crippen molar-refractivity contribution in [1.29, 1.82) is 0 Å². The fraction of sp³-hybridized carbons (Fsp3) is 0.450. The molecule has 1 amide bonds. The number of rotatable bonds is 8. The summed E-state index contributed by atoms with van der Waals surface area (Å²) in [5.41, 5.74) is 2.77. The maximum Gasteiger partial charge on any atom is 0.241 e. The smallest absolute Gasteiger partial charge is 0.241 e. The Bertz CT molecular complexity index is 908. The SMILES string of the molecule is CCN(CC)CCNC(=O)Cn1nc(-n2cccc2)c2c(C)cc(C)nc21. The van der Waals surface area contributed by atoms with Gasteiger partial charge in [-0.05, 0) is 50.7 Å². The summed E-state index contributed by atoms with van der Waals surface area (Å²) in [7, 11) is 0. The van der Waals surface area contributed by atoms with Crippen LogP contribution in [0.2, 0.25) is 0 Å². The Kier molecular flexibility index (Phi) is 5.91. The summed E-state index contributed by atoms with van der Waals surface area (Å²) >= 11 is 0. The van der Waals surface area contributed by atoms with Crippen LogP contribution in [0, 0.1) is 13.8 Å². The van der Waals surface area contributed by atoms with Crippen molar-refractivity contribution in [3.05, 3.63) is 41.9 Å². The van der Waals surface area contributed by atoms with Crippen LogP contribution in [-0.4, -0.2) is 56.3 Å². The fourth-order valence-corrected chi connectivity index (χ4v) is 3.34. The second kappa shape index (κ2) is 8.35. The van der Waals surface area contributed by atoms with E-state index in [0.29, 0.717) is 6.54 Å². The number of likely N-dealkylation sites (N-methyl/N-ethyl adjacent to an activating group) is 1. The summed E-state index contributed by atoms with van der Waals surface area (Å²) in [6, 6.07) is 5.97. The molecule has 0 atom stereocenters. The first-order valence-corrected chi connectivity index (χ1v) is 9.50. The lowest BCUT2D eigenvalue weighted by molar-refractivity contribution is -0.121. The number of aromatic nitrogens is 4. The zero-order valence-corrected chi connectivity index (χ0v) is 16.6. The minimum absolute atomic E-state index is 0.0495. The molecule has 0 saturated heterocycles. The van der Waals surface area contributed by atoms with Crippen molar-refractivity contribution in [3.63, 3.8) is 0 Å². The lowest BCUT2D eigenvalue weighted by atomic mass is 10.2. The Hall–Kier alpha value is -2.67. The highest BCUT2D eigenvalue weighted by molar-refractivity contribution is 5.88. The van der Waals surface area contributed by atoms with Gasteiger partial charge < -0.3 is 14.8 Å². The molecule has 3 heterocycles. The van der Waals surface area contributed by atoms with Gasteiger partial charge in [0.05, 0.1) is 5.39 Å². The van der Waals surface area contributed by atoms with Crippen LogP contribution in [0.1, 0.15) is 25.1 Å². The molecule has 3 rings (SSSR count). The molecular weight excluding hydrogens is 340 g/mol. The van der Waals surface area contributed by atoms with E-state index < -0.39 is 0 Å². The molecule has 3 aromatic rings.